The SMILES string of the molecule is N#Cc1cnc2cc(Oc3ccncc3)c(NC(=O)C=C3CCNCC3)cc2c1Nc1ccc(OCc2cccc(Cl)c2)nc1. The van der Waals surface area contributed by atoms with E-state index in [0.717, 1.165) is 37.1 Å². The molecule has 0 saturated carbocycles. The van der Waals surface area contributed by atoms with Crippen LogP contribution < -0.4 is 25.4 Å². The molecule has 1 fully saturated rings. The highest BCUT2D eigenvalue weighted by atomic mass is 35.5. The highest BCUT2D eigenvalue weighted by Crippen LogP contribution is 2.38. The summed E-state index contributed by atoms with van der Waals surface area (Å²) in [5.74, 6) is 1.12. The van der Waals surface area contributed by atoms with Gasteiger partial charge in [0, 0.05) is 47.2 Å². The van der Waals surface area contributed by atoms with Gasteiger partial charge in [-0.05, 0) is 67.9 Å². The van der Waals surface area contributed by atoms with Crippen LogP contribution >= 0.6 is 11.6 Å². The Bertz CT molecular complexity index is 1900. The summed E-state index contributed by atoms with van der Waals surface area (Å²) in [4.78, 5) is 26.1. The number of hydrogen-bond donors (Lipinski definition) is 3. The number of aromatic nitrogens is 3. The third-order valence-electron chi connectivity index (χ3n) is 7.09. The maximum Gasteiger partial charge on any atom is 0.248 e. The number of nitrogens with one attached hydrogen (secondary N) is 3. The second-order valence-electron chi connectivity index (χ2n) is 10.3. The molecule has 0 unspecified atom stereocenters. The normalized spacial score (nSPS) is 12.7. The summed E-state index contributed by atoms with van der Waals surface area (Å²) in [6.45, 7) is 2.00. The minimum Gasteiger partial charge on any atom is -0.473 e. The van der Waals surface area contributed by atoms with Crippen molar-refractivity contribution in [1.29, 1.82) is 5.26 Å². The van der Waals surface area contributed by atoms with Crippen LogP contribution in [0.1, 0.15) is 24.0 Å². The van der Waals surface area contributed by atoms with E-state index in [1.807, 2.05) is 24.3 Å². The summed E-state index contributed by atoms with van der Waals surface area (Å²) in [5, 5.41) is 20.8. The predicted molar refractivity (Wildman–Crippen MR) is 173 cm³/mol. The van der Waals surface area contributed by atoms with Gasteiger partial charge in [0.15, 0.2) is 5.75 Å². The van der Waals surface area contributed by atoms with E-state index in [1.165, 1.54) is 6.20 Å². The van der Waals surface area contributed by atoms with Crippen LogP contribution in [-0.4, -0.2) is 33.9 Å². The van der Waals surface area contributed by atoms with Gasteiger partial charge in [-0.2, -0.15) is 5.26 Å². The van der Waals surface area contributed by atoms with Gasteiger partial charge in [0.05, 0.1) is 34.3 Å². The topological polar surface area (TPSA) is 134 Å². The van der Waals surface area contributed by atoms with Gasteiger partial charge >= 0.3 is 0 Å². The Morgan fingerprint density at radius 3 is 2.64 bits per heavy atom. The lowest BCUT2D eigenvalue weighted by molar-refractivity contribution is -0.112. The lowest BCUT2D eigenvalue weighted by atomic mass is 10.0. The Morgan fingerprint density at radius 2 is 1.89 bits per heavy atom. The van der Waals surface area contributed by atoms with Crippen LogP contribution in [0.2, 0.25) is 5.02 Å². The number of piperidine rings is 1. The van der Waals surface area contributed by atoms with Crippen LogP contribution in [0, 0.1) is 11.3 Å². The van der Waals surface area contributed by atoms with Crippen molar-refractivity contribution in [2.75, 3.05) is 23.7 Å². The van der Waals surface area contributed by atoms with E-state index >= 15 is 0 Å². The molecule has 3 N–H and O–H groups in total. The molecule has 45 heavy (non-hydrogen) atoms. The summed E-state index contributed by atoms with van der Waals surface area (Å²) in [5.41, 5.74) is 4.46. The summed E-state index contributed by atoms with van der Waals surface area (Å²) in [6, 6.07) is 20.1. The molecule has 1 saturated heterocycles. The van der Waals surface area contributed by atoms with E-state index in [2.05, 4.69) is 37.0 Å². The van der Waals surface area contributed by atoms with Crippen molar-refractivity contribution >= 4 is 45.5 Å². The molecule has 6 rings (SSSR count). The van der Waals surface area contributed by atoms with Crippen molar-refractivity contribution in [2.24, 2.45) is 0 Å². The molecule has 0 spiro atoms. The number of halogens is 1. The molecule has 11 heteroatoms. The molecule has 5 aromatic rings. The van der Waals surface area contributed by atoms with Gasteiger partial charge < -0.3 is 25.4 Å². The van der Waals surface area contributed by atoms with Crippen LogP contribution in [0.4, 0.5) is 17.1 Å². The molecule has 0 atom stereocenters. The molecule has 3 aromatic heterocycles. The monoisotopic (exact) mass is 617 g/mol. The zero-order valence-electron chi connectivity index (χ0n) is 24.1. The van der Waals surface area contributed by atoms with E-state index in [0.29, 0.717) is 62.5 Å². The van der Waals surface area contributed by atoms with Gasteiger partial charge in [-0.25, -0.2) is 4.98 Å². The fourth-order valence-corrected chi connectivity index (χ4v) is 5.08. The Balaban J connectivity index is 1.30. The Hall–Kier alpha value is -5.50. The first-order valence-electron chi connectivity index (χ1n) is 14.3. The maximum atomic E-state index is 13.1. The molecule has 224 valence electrons. The summed E-state index contributed by atoms with van der Waals surface area (Å²) < 4.78 is 12.0. The zero-order chi connectivity index (χ0) is 31.0. The number of nitriles is 1. The van der Waals surface area contributed by atoms with Crippen LogP contribution in [-0.2, 0) is 11.4 Å². The van der Waals surface area contributed by atoms with Crippen molar-refractivity contribution in [1.82, 2.24) is 20.3 Å². The number of carbonyl (C=O) groups is 1. The van der Waals surface area contributed by atoms with Gasteiger partial charge in [0.25, 0.3) is 0 Å². The highest BCUT2D eigenvalue weighted by molar-refractivity contribution is 6.30. The second kappa shape index (κ2) is 13.9. The number of pyridine rings is 3. The van der Waals surface area contributed by atoms with E-state index in [1.54, 1.807) is 61.1 Å². The Labute approximate surface area is 264 Å². The molecule has 1 aliphatic heterocycles. The summed E-state index contributed by atoms with van der Waals surface area (Å²) in [7, 11) is 0. The van der Waals surface area contributed by atoms with Crippen LogP contribution in [0.15, 0.2) is 97.1 Å². The fraction of sp³-hybridized carbons (Fsp3) is 0.147. The zero-order valence-corrected chi connectivity index (χ0v) is 24.8. The van der Waals surface area contributed by atoms with Crippen LogP contribution in [0.3, 0.4) is 0 Å². The quantitative estimate of drug-likeness (QED) is 0.151. The molecule has 0 aliphatic carbocycles. The number of amides is 1. The van der Waals surface area contributed by atoms with Gasteiger partial charge in [-0.15, -0.1) is 0 Å². The van der Waals surface area contributed by atoms with E-state index < -0.39 is 0 Å². The van der Waals surface area contributed by atoms with E-state index in [4.69, 9.17) is 21.1 Å². The molecule has 1 aliphatic rings. The average Bonchev–Trinajstić information content (AvgIpc) is 3.06. The molecule has 2 aromatic carbocycles. The number of nitrogens with zero attached hydrogens (tertiary/aromatic N) is 4. The number of carbonyl (C=O) groups excluding carboxylic acids is 1. The van der Waals surface area contributed by atoms with Gasteiger partial charge in [0.2, 0.25) is 11.8 Å². The summed E-state index contributed by atoms with van der Waals surface area (Å²) in [6.07, 6.45) is 9.63. The van der Waals surface area contributed by atoms with Gasteiger partial charge in [-0.3, -0.25) is 14.8 Å². The first-order valence-corrected chi connectivity index (χ1v) is 14.7. The Morgan fingerprint density at radius 1 is 1.04 bits per heavy atom. The van der Waals surface area contributed by atoms with E-state index in [9.17, 15) is 10.1 Å². The predicted octanol–water partition coefficient (Wildman–Crippen LogP) is 6.91. The molecule has 0 bridgehead atoms. The third-order valence-corrected chi connectivity index (χ3v) is 7.32. The number of benzene rings is 2. The third kappa shape index (κ3) is 7.54. The highest BCUT2D eigenvalue weighted by Gasteiger charge is 2.17. The smallest absolute Gasteiger partial charge is 0.248 e. The molecular weight excluding hydrogens is 590 g/mol. The number of rotatable bonds is 9. The number of fused-ring (bicyclic) bond motifs is 1. The number of anilines is 3. The van der Waals surface area contributed by atoms with Crippen molar-refractivity contribution in [3.63, 3.8) is 0 Å². The minimum atomic E-state index is -0.262. The molecular formula is C34H28ClN7O3. The van der Waals surface area contributed by atoms with Gasteiger partial charge in [-0.1, -0.05) is 29.3 Å². The molecule has 10 nitrogen and oxygen atoms in total. The fourth-order valence-electron chi connectivity index (χ4n) is 4.87. The van der Waals surface area contributed by atoms with Crippen LogP contribution in [0.25, 0.3) is 10.9 Å². The van der Waals surface area contributed by atoms with E-state index in [-0.39, 0.29) is 5.91 Å². The summed E-state index contributed by atoms with van der Waals surface area (Å²) >= 11 is 6.07. The number of ether oxygens (including phenoxy) is 2. The molecule has 0 radical (unpaired) electrons. The maximum absolute atomic E-state index is 13.1. The van der Waals surface area contributed by atoms with Gasteiger partial charge in [0.1, 0.15) is 18.4 Å². The van der Waals surface area contributed by atoms with Crippen molar-refractivity contribution in [3.8, 4) is 23.4 Å². The first-order chi connectivity index (χ1) is 22.0. The van der Waals surface area contributed by atoms with Crippen molar-refractivity contribution in [3.05, 3.63) is 113 Å². The standard InChI is InChI=1S/C34H28ClN7O3/c35-25-3-1-2-23(14-25)21-44-33-5-4-26(20-40-33)41-34-24(18-36)19-39-29-17-31(45-27-8-12-38-13-9-27)30(16-28(29)34)42-32(43)15-22-6-10-37-11-7-22/h1-5,8-9,12-17,19-20,37H,6-7,10-11,21H2,(H,39,41)(H,42,43). The Kier molecular flexibility index (Phi) is 9.11. The first kappa shape index (κ1) is 29.6. The average molecular weight is 618 g/mol. The van der Waals surface area contributed by atoms with Crippen molar-refractivity contribution in [2.45, 2.75) is 19.4 Å². The lowest BCUT2D eigenvalue weighted by Crippen LogP contribution is -2.24. The van der Waals surface area contributed by atoms with Crippen molar-refractivity contribution < 1.29 is 14.3 Å². The second-order valence-corrected chi connectivity index (χ2v) is 10.7. The molecule has 4 heterocycles. The lowest BCUT2D eigenvalue weighted by Gasteiger charge is -2.17. The molecule has 1 amide bonds. The number of hydrogen-bond acceptors (Lipinski definition) is 9. The minimum absolute atomic E-state index is 0.262. The largest absolute Gasteiger partial charge is 0.473 e. The van der Waals surface area contributed by atoms with Crippen LogP contribution in [0.5, 0.6) is 17.4 Å².